The highest BCUT2D eigenvalue weighted by Crippen LogP contribution is 2.22. The minimum atomic E-state index is 0.769. The molecule has 0 radical (unpaired) electrons. The molecule has 0 spiro atoms. The van der Waals surface area contributed by atoms with E-state index in [9.17, 15) is 0 Å². The van der Waals surface area contributed by atoms with Crippen LogP contribution in [0.2, 0.25) is 5.02 Å². The molecule has 92 valence electrons. The van der Waals surface area contributed by atoms with Crippen LogP contribution in [0.15, 0.2) is 54.6 Å². The summed E-state index contributed by atoms with van der Waals surface area (Å²) in [6.45, 7) is 0.888. The lowest BCUT2D eigenvalue weighted by Gasteiger charge is -2.02. The van der Waals surface area contributed by atoms with Crippen molar-refractivity contribution in [2.75, 3.05) is 13.6 Å². The monoisotopic (exact) mass is 257 g/mol. The van der Waals surface area contributed by atoms with Gasteiger partial charge in [-0.2, -0.15) is 0 Å². The number of hydrogen-bond donors (Lipinski definition) is 1. The van der Waals surface area contributed by atoms with Crippen molar-refractivity contribution in [3.63, 3.8) is 0 Å². The second-order valence-electron chi connectivity index (χ2n) is 4.09. The van der Waals surface area contributed by atoms with Gasteiger partial charge in [-0.25, -0.2) is 0 Å². The van der Waals surface area contributed by atoms with E-state index in [0.717, 1.165) is 11.6 Å². The Hall–Kier alpha value is -1.57. The summed E-state index contributed by atoms with van der Waals surface area (Å²) in [5.41, 5.74) is 3.60. The number of likely N-dealkylation sites (N-methyl/N-ethyl adjacent to an activating group) is 1. The van der Waals surface area contributed by atoms with Gasteiger partial charge in [0, 0.05) is 11.6 Å². The second kappa shape index (κ2) is 6.39. The highest BCUT2D eigenvalue weighted by molar-refractivity contribution is 6.30. The van der Waals surface area contributed by atoms with E-state index in [0.29, 0.717) is 0 Å². The Morgan fingerprint density at radius 2 is 1.50 bits per heavy atom. The Bertz CT molecular complexity index is 512. The van der Waals surface area contributed by atoms with Gasteiger partial charge in [0.1, 0.15) is 0 Å². The molecule has 2 aromatic carbocycles. The summed E-state index contributed by atoms with van der Waals surface area (Å²) in [6.07, 6.45) is 4.22. The van der Waals surface area contributed by atoms with Crippen LogP contribution in [0.5, 0.6) is 0 Å². The van der Waals surface area contributed by atoms with Crippen LogP contribution in [0.25, 0.3) is 17.2 Å². The van der Waals surface area contributed by atoms with Crippen LogP contribution in [0.4, 0.5) is 0 Å². The summed E-state index contributed by atoms with van der Waals surface area (Å²) < 4.78 is 0. The predicted molar refractivity (Wildman–Crippen MR) is 79.8 cm³/mol. The fourth-order valence-electron chi connectivity index (χ4n) is 1.74. The molecule has 0 unspecified atom stereocenters. The number of benzene rings is 2. The molecule has 2 heteroatoms. The minimum absolute atomic E-state index is 0.769. The highest BCUT2D eigenvalue weighted by Gasteiger charge is 1.96. The summed E-state index contributed by atoms with van der Waals surface area (Å²) in [5, 5.41) is 3.85. The van der Waals surface area contributed by atoms with E-state index in [1.807, 2.05) is 31.3 Å². The fourth-order valence-corrected chi connectivity index (χ4v) is 1.87. The van der Waals surface area contributed by atoms with E-state index < -0.39 is 0 Å². The van der Waals surface area contributed by atoms with E-state index in [4.69, 9.17) is 11.6 Å². The van der Waals surface area contributed by atoms with Crippen molar-refractivity contribution in [3.05, 3.63) is 65.2 Å². The molecule has 0 heterocycles. The maximum Gasteiger partial charge on any atom is 0.0406 e. The molecule has 0 aromatic heterocycles. The molecule has 2 rings (SSSR count). The maximum absolute atomic E-state index is 5.88. The van der Waals surface area contributed by atoms with Gasteiger partial charge in [0.25, 0.3) is 0 Å². The molecule has 0 saturated carbocycles. The summed E-state index contributed by atoms with van der Waals surface area (Å²) in [7, 11) is 1.94. The van der Waals surface area contributed by atoms with Crippen LogP contribution >= 0.6 is 11.6 Å². The van der Waals surface area contributed by atoms with Crippen molar-refractivity contribution in [1.29, 1.82) is 0 Å². The molecular formula is C16H16ClN. The van der Waals surface area contributed by atoms with Gasteiger partial charge < -0.3 is 5.32 Å². The Kier molecular flexibility index (Phi) is 4.57. The van der Waals surface area contributed by atoms with Crippen LogP contribution in [0, 0.1) is 0 Å². The topological polar surface area (TPSA) is 12.0 Å². The van der Waals surface area contributed by atoms with Gasteiger partial charge in [0.15, 0.2) is 0 Å². The molecule has 0 bridgehead atoms. The van der Waals surface area contributed by atoms with Crippen molar-refractivity contribution in [1.82, 2.24) is 5.32 Å². The Labute approximate surface area is 113 Å². The SMILES string of the molecule is CNCC=Cc1ccc(-c2ccc(Cl)cc2)cc1. The second-order valence-corrected chi connectivity index (χ2v) is 4.53. The first-order valence-electron chi connectivity index (χ1n) is 5.97. The molecule has 18 heavy (non-hydrogen) atoms. The first-order chi connectivity index (χ1) is 8.79. The van der Waals surface area contributed by atoms with Gasteiger partial charge in [-0.3, -0.25) is 0 Å². The molecule has 0 atom stereocenters. The Morgan fingerprint density at radius 1 is 0.944 bits per heavy atom. The lowest BCUT2D eigenvalue weighted by atomic mass is 10.0. The Balaban J connectivity index is 2.14. The van der Waals surface area contributed by atoms with Gasteiger partial charge in [0.2, 0.25) is 0 Å². The summed E-state index contributed by atoms with van der Waals surface area (Å²) in [5.74, 6) is 0. The van der Waals surface area contributed by atoms with E-state index in [1.54, 1.807) is 0 Å². The number of halogens is 1. The third-order valence-electron chi connectivity index (χ3n) is 2.72. The minimum Gasteiger partial charge on any atom is -0.316 e. The molecule has 0 saturated heterocycles. The zero-order chi connectivity index (χ0) is 12.8. The first kappa shape index (κ1) is 12.9. The van der Waals surface area contributed by atoms with E-state index >= 15 is 0 Å². The smallest absolute Gasteiger partial charge is 0.0406 e. The summed E-state index contributed by atoms with van der Waals surface area (Å²) in [4.78, 5) is 0. The zero-order valence-electron chi connectivity index (χ0n) is 10.4. The highest BCUT2D eigenvalue weighted by atomic mass is 35.5. The predicted octanol–water partition coefficient (Wildman–Crippen LogP) is 4.24. The molecule has 0 aliphatic rings. The van der Waals surface area contributed by atoms with Crippen LogP contribution in [0.3, 0.4) is 0 Å². The van der Waals surface area contributed by atoms with Crippen molar-refractivity contribution < 1.29 is 0 Å². The van der Waals surface area contributed by atoms with E-state index in [-0.39, 0.29) is 0 Å². The van der Waals surface area contributed by atoms with Gasteiger partial charge in [-0.05, 0) is 35.9 Å². The van der Waals surface area contributed by atoms with Gasteiger partial charge in [-0.1, -0.05) is 60.2 Å². The number of nitrogens with one attached hydrogen (secondary N) is 1. The third-order valence-corrected chi connectivity index (χ3v) is 2.97. The molecule has 0 aliphatic carbocycles. The molecule has 0 aliphatic heterocycles. The fraction of sp³-hybridized carbons (Fsp3) is 0.125. The number of hydrogen-bond acceptors (Lipinski definition) is 1. The molecule has 2 aromatic rings. The van der Waals surface area contributed by atoms with E-state index in [2.05, 4.69) is 41.7 Å². The average molecular weight is 258 g/mol. The standard InChI is InChI=1S/C16H16ClN/c1-18-12-2-3-13-4-6-14(7-5-13)15-8-10-16(17)11-9-15/h2-11,18H,12H2,1H3. The Morgan fingerprint density at radius 3 is 2.06 bits per heavy atom. The average Bonchev–Trinajstić information content (AvgIpc) is 2.41. The van der Waals surface area contributed by atoms with Crippen molar-refractivity contribution >= 4 is 17.7 Å². The van der Waals surface area contributed by atoms with E-state index in [1.165, 1.54) is 16.7 Å². The van der Waals surface area contributed by atoms with Crippen molar-refractivity contribution in [2.24, 2.45) is 0 Å². The lowest BCUT2D eigenvalue weighted by molar-refractivity contribution is 0.922. The molecule has 0 fully saturated rings. The van der Waals surface area contributed by atoms with Crippen LogP contribution in [0.1, 0.15) is 5.56 Å². The number of rotatable bonds is 4. The van der Waals surface area contributed by atoms with Gasteiger partial charge >= 0.3 is 0 Å². The zero-order valence-corrected chi connectivity index (χ0v) is 11.1. The molecule has 0 amide bonds. The first-order valence-corrected chi connectivity index (χ1v) is 6.34. The summed E-state index contributed by atoms with van der Waals surface area (Å²) >= 11 is 5.88. The van der Waals surface area contributed by atoms with Crippen LogP contribution in [-0.4, -0.2) is 13.6 Å². The third kappa shape index (κ3) is 3.46. The largest absolute Gasteiger partial charge is 0.316 e. The normalized spacial score (nSPS) is 11.0. The van der Waals surface area contributed by atoms with Crippen LogP contribution < -0.4 is 5.32 Å². The quantitative estimate of drug-likeness (QED) is 0.864. The van der Waals surface area contributed by atoms with Gasteiger partial charge in [-0.15, -0.1) is 0 Å². The van der Waals surface area contributed by atoms with Crippen molar-refractivity contribution in [2.45, 2.75) is 0 Å². The molecular weight excluding hydrogens is 242 g/mol. The van der Waals surface area contributed by atoms with Gasteiger partial charge in [0.05, 0.1) is 0 Å². The molecule has 1 N–H and O–H groups in total. The van der Waals surface area contributed by atoms with Crippen LogP contribution in [-0.2, 0) is 0 Å². The summed E-state index contributed by atoms with van der Waals surface area (Å²) in [6, 6.07) is 16.4. The van der Waals surface area contributed by atoms with Crippen molar-refractivity contribution in [3.8, 4) is 11.1 Å². The molecule has 1 nitrogen and oxygen atoms in total. The maximum atomic E-state index is 5.88. The lowest BCUT2D eigenvalue weighted by Crippen LogP contribution is -2.03.